The molecule has 0 radical (unpaired) electrons. The SMILES string of the molecule is c1ccc2cc(-c3nc(-c4ccc5ccccc5c4)nc(-n4c5c(-c6ccc7c(c6)sc6ccc8ccccc8c67)cccc5c5ccc6ccccc6c54)n3)ccc2c1. The number of rotatable bonds is 4. The molecular weight excluding hydrogens is 749 g/mol. The van der Waals surface area contributed by atoms with Crippen molar-refractivity contribution in [1.29, 1.82) is 0 Å². The van der Waals surface area contributed by atoms with Gasteiger partial charge in [-0.3, -0.25) is 4.57 Å². The smallest absolute Gasteiger partial charge is 0.238 e. The summed E-state index contributed by atoms with van der Waals surface area (Å²) in [5.74, 6) is 1.83. The minimum Gasteiger partial charge on any atom is -0.277 e. The second kappa shape index (κ2) is 12.9. The molecule has 0 saturated carbocycles. The number of benzene rings is 10. The Morgan fingerprint density at radius 2 is 0.867 bits per heavy atom. The van der Waals surface area contributed by atoms with Crippen molar-refractivity contribution in [3.63, 3.8) is 0 Å². The number of nitrogens with zero attached hydrogens (tertiary/aromatic N) is 4. The van der Waals surface area contributed by atoms with Crippen LogP contribution in [0.1, 0.15) is 0 Å². The normalized spacial score (nSPS) is 12.0. The molecule has 0 aliphatic rings. The molecule has 0 aliphatic heterocycles. The van der Waals surface area contributed by atoms with Crippen LogP contribution in [-0.4, -0.2) is 19.5 Å². The standard InChI is InChI=1S/C55H32N4S/c1-3-14-37-30-40(22-20-33(37)10-1)53-56-54(41-23-21-34-11-2-4-15-38(34)31-41)58-55(57-53)59-51-43-17-8-6-13-36(43)24-27-46(51)45-19-9-18-44(52(45)59)39-25-28-47-49(32-39)60-48-29-26-35-12-5-7-16-42(35)50(47)48/h1-32H. The van der Waals surface area contributed by atoms with Crippen molar-refractivity contribution < 1.29 is 0 Å². The lowest BCUT2D eigenvalue weighted by Crippen LogP contribution is -2.07. The summed E-state index contributed by atoms with van der Waals surface area (Å²) in [6, 6.07) is 69.8. The molecule has 5 heteroatoms. The van der Waals surface area contributed by atoms with Crippen LogP contribution in [0.25, 0.3) is 125 Å². The molecule has 0 amide bonds. The fourth-order valence-corrected chi connectivity index (χ4v) is 10.5. The first-order valence-corrected chi connectivity index (χ1v) is 21.1. The average Bonchev–Trinajstić information content (AvgIpc) is 3.87. The first kappa shape index (κ1) is 33.3. The van der Waals surface area contributed by atoms with Gasteiger partial charge in [0, 0.05) is 53.0 Å². The Bertz CT molecular complexity index is 3820. The van der Waals surface area contributed by atoms with Gasteiger partial charge in [0.2, 0.25) is 5.95 Å². The molecule has 3 aromatic heterocycles. The topological polar surface area (TPSA) is 43.6 Å². The van der Waals surface area contributed by atoms with E-state index in [0.717, 1.165) is 65.6 Å². The van der Waals surface area contributed by atoms with Crippen LogP contribution in [0.3, 0.4) is 0 Å². The van der Waals surface area contributed by atoms with E-state index in [2.05, 4.69) is 199 Å². The van der Waals surface area contributed by atoms with Gasteiger partial charge in [-0.25, -0.2) is 4.98 Å². The maximum absolute atomic E-state index is 5.43. The van der Waals surface area contributed by atoms with Gasteiger partial charge in [0.15, 0.2) is 11.6 Å². The molecule has 4 nitrogen and oxygen atoms in total. The summed E-state index contributed by atoms with van der Waals surface area (Å²) in [4.78, 5) is 16.1. The highest BCUT2D eigenvalue weighted by atomic mass is 32.1. The molecule has 278 valence electrons. The molecule has 13 rings (SSSR count). The van der Waals surface area contributed by atoms with Gasteiger partial charge in [-0.2, -0.15) is 9.97 Å². The molecule has 0 bridgehead atoms. The molecule has 0 atom stereocenters. The Morgan fingerprint density at radius 1 is 0.333 bits per heavy atom. The second-order valence-corrected chi connectivity index (χ2v) is 16.7. The zero-order valence-corrected chi connectivity index (χ0v) is 33.0. The summed E-state index contributed by atoms with van der Waals surface area (Å²) >= 11 is 1.86. The molecule has 0 spiro atoms. The first-order valence-electron chi connectivity index (χ1n) is 20.3. The monoisotopic (exact) mass is 780 g/mol. The van der Waals surface area contributed by atoms with E-state index in [1.807, 2.05) is 11.3 Å². The van der Waals surface area contributed by atoms with E-state index in [1.54, 1.807) is 0 Å². The Kier molecular flexibility index (Phi) is 7.14. The van der Waals surface area contributed by atoms with Gasteiger partial charge in [-0.1, -0.05) is 170 Å². The van der Waals surface area contributed by atoms with Crippen LogP contribution in [0, 0.1) is 0 Å². The Morgan fingerprint density at radius 3 is 1.58 bits per heavy atom. The van der Waals surface area contributed by atoms with Crippen LogP contribution < -0.4 is 0 Å². The summed E-state index contributed by atoms with van der Waals surface area (Å²) in [5, 5.41) is 14.4. The van der Waals surface area contributed by atoms with Crippen LogP contribution in [-0.2, 0) is 0 Å². The van der Waals surface area contributed by atoms with Gasteiger partial charge in [0.05, 0.1) is 11.0 Å². The third-order valence-electron chi connectivity index (χ3n) is 12.2. The Hall–Kier alpha value is -7.73. The molecule has 13 aromatic rings. The lowest BCUT2D eigenvalue weighted by Gasteiger charge is -2.14. The van der Waals surface area contributed by atoms with E-state index in [-0.39, 0.29) is 0 Å². The van der Waals surface area contributed by atoms with Crippen molar-refractivity contribution in [2.24, 2.45) is 0 Å². The van der Waals surface area contributed by atoms with Crippen molar-refractivity contribution in [1.82, 2.24) is 19.5 Å². The second-order valence-electron chi connectivity index (χ2n) is 15.6. The molecule has 0 fully saturated rings. The zero-order valence-electron chi connectivity index (χ0n) is 32.2. The first-order chi connectivity index (χ1) is 29.7. The lowest BCUT2D eigenvalue weighted by molar-refractivity contribution is 0.956. The fourth-order valence-electron chi connectivity index (χ4n) is 9.35. The third-order valence-corrected chi connectivity index (χ3v) is 13.3. The number of hydrogen-bond acceptors (Lipinski definition) is 4. The molecule has 0 N–H and O–H groups in total. The summed E-state index contributed by atoms with van der Waals surface area (Å²) in [6.45, 7) is 0. The van der Waals surface area contributed by atoms with Crippen LogP contribution in [0.15, 0.2) is 194 Å². The highest BCUT2D eigenvalue weighted by Crippen LogP contribution is 2.44. The van der Waals surface area contributed by atoms with Crippen LogP contribution in [0.2, 0.25) is 0 Å². The lowest BCUT2D eigenvalue weighted by atomic mass is 9.99. The summed E-state index contributed by atoms with van der Waals surface area (Å²) < 4.78 is 4.87. The molecule has 0 unspecified atom stereocenters. The van der Waals surface area contributed by atoms with Crippen molar-refractivity contribution in [3.8, 4) is 39.9 Å². The Labute approximate surface area is 348 Å². The molecular formula is C55H32N4S. The fraction of sp³-hybridized carbons (Fsp3) is 0. The minimum atomic E-state index is 0.578. The highest BCUT2D eigenvalue weighted by Gasteiger charge is 2.23. The molecule has 0 saturated heterocycles. The third kappa shape index (κ3) is 5.06. The van der Waals surface area contributed by atoms with E-state index < -0.39 is 0 Å². The molecule has 60 heavy (non-hydrogen) atoms. The van der Waals surface area contributed by atoms with Gasteiger partial charge in [-0.05, 0) is 67.5 Å². The summed E-state index contributed by atoms with van der Waals surface area (Å²) in [7, 11) is 0. The molecule has 0 aliphatic carbocycles. The number of fused-ring (bicyclic) bond motifs is 12. The number of thiophene rings is 1. The highest BCUT2D eigenvalue weighted by molar-refractivity contribution is 7.26. The molecule has 10 aromatic carbocycles. The van der Waals surface area contributed by atoms with Crippen molar-refractivity contribution >= 4 is 96.4 Å². The summed E-state index contributed by atoms with van der Waals surface area (Å²) in [6.07, 6.45) is 0. The summed E-state index contributed by atoms with van der Waals surface area (Å²) in [5.41, 5.74) is 6.29. The van der Waals surface area contributed by atoms with Crippen LogP contribution >= 0.6 is 11.3 Å². The maximum atomic E-state index is 5.43. The van der Waals surface area contributed by atoms with E-state index in [9.17, 15) is 0 Å². The van der Waals surface area contributed by atoms with Gasteiger partial charge in [0.1, 0.15) is 0 Å². The van der Waals surface area contributed by atoms with Crippen molar-refractivity contribution in [2.75, 3.05) is 0 Å². The van der Waals surface area contributed by atoms with Gasteiger partial charge in [0.25, 0.3) is 0 Å². The van der Waals surface area contributed by atoms with Gasteiger partial charge in [-0.15, -0.1) is 11.3 Å². The van der Waals surface area contributed by atoms with Gasteiger partial charge < -0.3 is 0 Å². The largest absolute Gasteiger partial charge is 0.277 e. The average molecular weight is 781 g/mol. The van der Waals surface area contributed by atoms with E-state index in [4.69, 9.17) is 15.0 Å². The number of hydrogen-bond donors (Lipinski definition) is 0. The van der Waals surface area contributed by atoms with Crippen molar-refractivity contribution in [2.45, 2.75) is 0 Å². The predicted molar refractivity (Wildman–Crippen MR) is 253 cm³/mol. The Balaban J connectivity index is 1.12. The van der Waals surface area contributed by atoms with Crippen LogP contribution in [0.4, 0.5) is 0 Å². The molecule has 3 heterocycles. The number of aromatic nitrogens is 4. The van der Waals surface area contributed by atoms with E-state index in [1.165, 1.54) is 41.7 Å². The van der Waals surface area contributed by atoms with Gasteiger partial charge >= 0.3 is 0 Å². The van der Waals surface area contributed by atoms with Crippen LogP contribution in [0.5, 0.6) is 0 Å². The predicted octanol–water partition coefficient (Wildman–Crippen LogP) is 15.0. The zero-order chi connectivity index (χ0) is 39.3. The van der Waals surface area contributed by atoms with E-state index >= 15 is 0 Å². The van der Waals surface area contributed by atoms with E-state index in [0.29, 0.717) is 17.6 Å². The minimum absolute atomic E-state index is 0.578. The van der Waals surface area contributed by atoms with Crippen molar-refractivity contribution in [3.05, 3.63) is 194 Å². The quantitative estimate of drug-likeness (QED) is 0.179. The maximum Gasteiger partial charge on any atom is 0.238 e. The number of para-hydroxylation sites is 1.